The molecule has 0 aromatic heterocycles. The molecule has 0 saturated heterocycles. The van der Waals surface area contributed by atoms with E-state index >= 15 is 0 Å². The van der Waals surface area contributed by atoms with Crippen LogP contribution in [-0.2, 0) is 19.1 Å². The van der Waals surface area contributed by atoms with E-state index in [0.29, 0.717) is 6.08 Å². The smallest absolute Gasteiger partial charge is 0.372 e. The minimum Gasteiger partial charge on any atom is -0.463 e. The Morgan fingerprint density at radius 3 is 2.04 bits per heavy atom. The molecule has 0 aliphatic carbocycles. The molecular weight excluding hydrogens is 365 g/mol. The fraction of sp³-hybridized carbons (Fsp3) is 0.714. The Bertz CT molecular complexity index is 494. The monoisotopic (exact) mass is 382 g/mol. The Morgan fingerprint density at radius 1 is 1.12 bits per heavy atom. The Labute approximate surface area is 139 Å². The number of hydrogen-bond donors (Lipinski definition) is 0. The van der Waals surface area contributed by atoms with Crippen molar-refractivity contribution in [1.82, 2.24) is 0 Å². The first-order valence-corrected chi connectivity index (χ1v) is 6.92. The summed E-state index contributed by atoms with van der Waals surface area (Å²) in [6, 6.07) is 0. The molecule has 0 fully saturated rings. The largest absolute Gasteiger partial charge is 0.463 e. The van der Waals surface area contributed by atoms with Crippen molar-refractivity contribution in [1.29, 1.82) is 0 Å². The van der Waals surface area contributed by atoms with Crippen molar-refractivity contribution in [3.05, 3.63) is 12.7 Å². The molecule has 25 heavy (non-hydrogen) atoms. The molecule has 0 aromatic carbocycles. The van der Waals surface area contributed by atoms with Gasteiger partial charge in [0, 0.05) is 18.9 Å². The molecule has 4 nitrogen and oxygen atoms in total. The molecule has 11 heteroatoms. The van der Waals surface area contributed by atoms with Gasteiger partial charge in [-0.05, 0) is 13.8 Å². The lowest BCUT2D eigenvalue weighted by Crippen LogP contribution is -2.61. The molecule has 0 aliphatic heterocycles. The highest BCUT2D eigenvalue weighted by Gasteiger charge is 2.74. The van der Waals surface area contributed by atoms with E-state index in [-0.39, 0.29) is 0 Å². The van der Waals surface area contributed by atoms with E-state index < -0.39 is 61.4 Å². The Balaban J connectivity index is 5.54. The van der Waals surface area contributed by atoms with Crippen molar-refractivity contribution in [2.75, 3.05) is 6.61 Å². The van der Waals surface area contributed by atoms with Crippen LogP contribution in [0.25, 0.3) is 0 Å². The summed E-state index contributed by atoms with van der Waals surface area (Å²) in [4.78, 5) is 22.2. The zero-order chi connectivity index (χ0) is 20.1. The third-order valence-corrected chi connectivity index (χ3v) is 2.96. The molecule has 0 aliphatic rings. The van der Waals surface area contributed by atoms with Crippen LogP contribution < -0.4 is 0 Å². The van der Waals surface area contributed by atoms with Crippen LogP contribution in [0, 0.1) is 0 Å². The highest BCUT2D eigenvalue weighted by Crippen LogP contribution is 2.49. The minimum atomic E-state index is -6.07. The molecule has 0 spiro atoms. The topological polar surface area (TPSA) is 52.6 Å². The maximum Gasteiger partial charge on any atom is 0.372 e. The van der Waals surface area contributed by atoms with E-state index in [4.69, 9.17) is 0 Å². The molecule has 0 saturated carbocycles. The summed E-state index contributed by atoms with van der Waals surface area (Å²) >= 11 is 0. The summed E-state index contributed by atoms with van der Waals surface area (Å²) in [5.74, 6) is -14.7. The number of rotatable bonds is 10. The summed E-state index contributed by atoms with van der Waals surface area (Å²) in [6.07, 6.45) is -7.94. The molecular formula is C14H17F7O4. The molecule has 1 unspecified atom stereocenters. The van der Waals surface area contributed by atoms with Gasteiger partial charge in [-0.25, -0.2) is 18.0 Å². The summed E-state index contributed by atoms with van der Waals surface area (Å²) in [6.45, 7) is 3.66. The van der Waals surface area contributed by atoms with Gasteiger partial charge in [0.05, 0.1) is 6.10 Å². The van der Waals surface area contributed by atoms with E-state index in [2.05, 4.69) is 16.1 Å². The van der Waals surface area contributed by atoms with Gasteiger partial charge in [0.2, 0.25) is 5.67 Å². The average molecular weight is 382 g/mol. The molecule has 0 amide bonds. The lowest BCUT2D eigenvalue weighted by Gasteiger charge is -2.37. The van der Waals surface area contributed by atoms with E-state index in [1.807, 2.05) is 0 Å². The maximum atomic E-state index is 14.5. The molecule has 0 N–H and O–H groups in total. The first-order valence-electron chi connectivity index (χ1n) is 6.92. The van der Waals surface area contributed by atoms with Crippen molar-refractivity contribution in [2.24, 2.45) is 0 Å². The third kappa shape index (κ3) is 5.60. The minimum absolute atomic E-state index is 0.427. The predicted molar refractivity (Wildman–Crippen MR) is 71.4 cm³/mol. The number of carbonyl (C=O) groups is 2. The number of alkyl halides is 7. The lowest BCUT2D eigenvalue weighted by molar-refractivity contribution is -0.316. The van der Waals surface area contributed by atoms with Crippen LogP contribution >= 0.6 is 0 Å². The van der Waals surface area contributed by atoms with Crippen LogP contribution in [0.2, 0.25) is 0 Å². The number of esters is 2. The second kappa shape index (κ2) is 8.52. The second-order valence-electron chi connectivity index (χ2n) is 5.31. The molecule has 146 valence electrons. The van der Waals surface area contributed by atoms with Crippen LogP contribution in [-0.4, -0.2) is 48.6 Å². The SMILES string of the molecule is C=CC(=O)OCC(F)(CCC(=O)OC(C)C)C(F)(F)C(F)(F)C(F)F. The van der Waals surface area contributed by atoms with Gasteiger partial charge in [0.25, 0.3) is 0 Å². The summed E-state index contributed by atoms with van der Waals surface area (Å²) < 4.78 is 101. The summed E-state index contributed by atoms with van der Waals surface area (Å²) in [5, 5.41) is 0. The highest BCUT2D eigenvalue weighted by atomic mass is 19.3. The molecule has 1 atom stereocenters. The van der Waals surface area contributed by atoms with Crippen LogP contribution in [0.5, 0.6) is 0 Å². The zero-order valence-electron chi connectivity index (χ0n) is 13.3. The van der Waals surface area contributed by atoms with Crippen molar-refractivity contribution >= 4 is 11.9 Å². The quantitative estimate of drug-likeness (QED) is 0.329. The normalized spacial score (nSPS) is 15.0. The van der Waals surface area contributed by atoms with Gasteiger partial charge in [-0.1, -0.05) is 6.58 Å². The van der Waals surface area contributed by atoms with Crippen LogP contribution in [0.1, 0.15) is 26.7 Å². The molecule has 0 radical (unpaired) electrons. The molecule has 0 heterocycles. The van der Waals surface area contributed by atoms with Gasteiger partial charge in [0.1, 0.15) is 6.61 Å². The van der Waals surface area contributed by atoms with Crippen LogP contribution in [0.4, 0.5) is 30.7 Å². The average Bonchev–Trinajstić information content (AvgIpc) is 2.49. The van der Waals surface area contributed by atoms with E-state index in [1.54, 1.807) is 0 Å². The molecule has 0 bridgehead atoms. The van der Waals surface area contributed by atoms with Crippen molar-refractivity contribution in [3.8, 4) is 0 Å². The van der Waals surface area contributed by atoms with Gasteiger partial charge in [-0.15, -0.1) is 0 Å². The number of carbonyl (C=O) groups excluding carboxylic acids is 2. The van der Waals surface area contributed by atoms with E-state index in [1.165, 1.54) is 13.8 Å². The van der Waals surface area contributed by atoms with E-state index in [0.717, 1.165) is 0 Å². The highest BCUT2D eigenvalue weighted by molar-refractivity contribution is 5.81. The van der Waals surface area contributed by atoms with Gasteiger partial charge >= 0.3 is 30.2 Å². The first kappa shape index (κ1) is 23.2. The standard InChI is InChI=1S/C14H17F7O4/c1-4-9(22)24-7-12(17,6-5-10(23)25-8(2)3)14(20,21)13(18,19)11(15)16/h4,8,11H,1,5-7H2,2-3H3. The van der Waals surface area contributed by atoms with Gasteiger partial charge in [-0.2, -0.15) is 17.6 Å². The van der Waals surface area contributed by atoms with Crippen LogP contribution in [0.15, 0.2) is 12.7 Å². The lowest BCUT2D eigenvalue weighted by atomic mass is 9.88. The Morgan fingerprint density at radius 2 is 1.64 bits per heavy atom. The Kier molecular flexibility index (Phi) is 7.91. The van der Waals surface area contributed by atoms with Gasteiger partial charge in [0.15, 0.2) is 0 Å². The van der Waals surface area contributed by atoms with Crippen molar-refractivity contribution in [3.63, 3.8) is 0 Å². The molecule has 0 aromatic rings. The molecule has 0 rings (SSSR count). The zero-order valence-corrected chi connectivity index (χ0v) is 13.3. The first-order chi connectivity index (χ1) is 11.2. The third-order valence-electron chi connectivity index (χ3n) is 2.96. The summed E-state index contributed by atoms with van der Waals surface area (Å²) in [7, 11) is 0. The van der Waals surface area contributed by atoms with Gasteiger partial charge in [-0.3, -0.25) is 4.79 Å². The second-order valence-corrected chi connectivity index (χ2v) is 5.31. The Hall–Kier alpha value is -1.81. The number of ether oxygens (including phenoxy) is 2. The summed E-state index contributed by atoms with van der Waals surface area (Å²) in [5.41, 5.74) is -4.44. The number of hydrogen-bond acceptors (Lipinski definition) is 4. The maximum absolute atomic E-state index is 14.5. The fourth-order valence-corrected chi connectivity index (χ4v) is 1.62. The van der Waals surface area contributed by atoms with Crippen LogP contribution in [0.3, 0.4) is 0 Å². The van der Waals surface area contributed by atoms with Gasteiger partial charge < -0.3 is 9.47 Å². The van der Waals surface area contributed by atoms with E-state index in [9.17, 15) is 40.3 Å². The fourth-order valence-electron chi connectivity index (χ4n) is 1.62. The predicted octanol–water partition coefficient (Wildman–Crippen LogP) is 3.69. The van der Waals surface area contributed by atoms with Crippen molar-refractivity contribution < 1.29 is 49.8 Å². The number of halogens is 7. The van der Waals surface area contributed by atoms with Crippen molar-refractivity contribution in [2.45, 2.75) is 56.7 Å².